The first-order chi connectivity index (χ1) is 16.7. The summed E-state index contributed by atoms with van der Waals surface area (Å²) in [5.41, 5.74) is 5.52. The first kappa shape index (κ1) is 21.6. The predicted octanol–water partition coefficient (Wildman–Crippen LogP) is 4.62. The number of fused-ring (bicyclic) bond motifs is 4. The van der Waals surface area contributed by atoms with Gasteiger partial charge in [-0.05, 0) is 66.5 Å². The van der Waals surface area contributed by atoms with Crippen molar-refractivity contribution in [3.8, 4) is 5.75 Å². The molecule has 6 heteroatoms. The molecule has 3 heterocycles. The van der Waals surface area contributed by atoms with Crippen LogP contribution < -0.4 is 10.3 Å². The summed E-state index contributed by atoms with van der Waals surface area (Å²) in [5, 5.41) is 0.861. The largest absolute Gasteiger partial charge is 0.497 e. The van der Waals surface area contributed by atoms with Crippen molar-refractivity contribution >= 4 is 21.6 Å². The van der Waals surface area contributed by atoms with Crippen molar-refractivity contribution < 1.29 is 4.74 Å². The number of hydrogen-bond acceptors (Lipinski definition) is 5. The fourth-order valence-electron chi connectivity index (χ4n) is 5.53. The number of aromatic nitrogens is 2. The molecular weight excluding hydrogens is 442 g/mol. The lowest BCUT2D eigenvalue weighted by molar-refractivity contribution is 0.164. The molecule has 0 amide bonds. The van der Waals surface area contributed by atoms with Gasteiger partial charge in [-0.1, -0.05) is 36.4 Å². The zero-order chi connectivity index (χ0) is 23.1. The monoisotopic (exact) mass is 471 g/mol. The SMILES string of the molecule is COc1ccc(CCn2cnc3sc4c(c3c2=O)CC[C@@H](N2CCc3ccccc3C2)C4)cc1. The molecule has 0 spiro atoms. The number of aryl methyl sites for hydroxylation is 3. The van der Waals surface area contributed by atoms with Crippen molar-refractivity contribution in [2.24, 2.45) is 0 Å². The Labute approximate surface area is 203 Å². The summed E-state index contributed by atoms with van der Waals surface area (Å²) in [6.45, 7) is 2.80. The van der Waals surface area contributed by atoms with Gasteiger partial charge in [0.25, 0.3) is 5.56 Å². The third kappa shape index (κ3) is 3.95. The van der Waals surface area contributed by atoms with Crippen molar-refractivity contribution in [2.45, 2.75) is 51.2 Å². The quantitative estimate of drug-likeness (QED) is 0.426. The second-order valence-corrected chi connectivity index (χ2v) is 10.5. The van der Waals surface area contributed by atoms with Gasteiger partial charge in [0, 0.05) is 30.6 Å². The van der Waals surface area contributed by atoms with Crippen LogP contribution in [0.5, 0.6) is 5.75 Å². The number of benzene rings is 2. The van der Waals surface area contributed by atoms with E-state index in [1.807, 2.05) is 12.1 Å². The summed E-state index contributed by atoms with van der Waals surface area (Å²) < 4.78 is 7.02. The van der Waals surface area contributed by atoms with Gasteiger partial charge in [-0.2, -0.15) is 0 Å². The number of nitrogens with zero attached hydrogens (tertiary/aromatic N) is 3. The topological polar surface area (TPSA) is 47.4 Å². The van der Waals surface area contributed by atoms with E-state index >= 15 is 0 Å². The molecule has 1 aliphatic heterocycles. The van der Waals surface area contributed by atoms with Gasteiger partial charge in [0.15, 0.2) is 0 Å². The van der Waals surface area contributed by atoms with E-state index in [1.165, 1.54) is 27.1 Å². The molecule has 5 nitrogen and oxygen atoms in total. The molecule has 0 saturated heterocycles. The summed E-state index contributed by atoms with van der Waals surface area (Å²) >= 11 is 1.73. The molecule has 0 unspecified atom stereocenters. The Hall–Kier alpha value is -2.96. The Morgan fingerprint density at radius 2 is 1.91 bits per heavy atom. The highest BCUT2D eigenvalue weighted by atomic mass is 32.1. The Balaban J connectivity index is 1.21. The molecule has 34 heavy (non-hydrogen) atoms. The first-order valence-electron chi connectivity index (χ1n) is 12.1. The molecular formula is C28H29N3O2S. The Kier molecular flexibility index (Phi) is 5.71. The molecule has 0 fully saturated rings. The number of methoxy groups -OCH3 is 1. The van der Waals surface area contributed by atoms with E-state index in [0.29, 0.717) is 12.6 Å². The highest BCUT2D eigenvalue weighted by Gasteiger charge is 2.30. The zero-order valence-electron chi connectivity index (χ0n) is 19.5. The molecule has 2 aromatic heterocycles. The van der Waals surface area contributed by atoms with Crippen LogP contribution in [0.4, 0.5) is 0 Å². The van der Waals surface area contributed by atoms with Crippen molar-refractivity contribution in [3.05, 3.63) is 92.3 Å². The zero-order valence-corrected chi connectivity index (χ0v) is 20.3. The number of hydrogen-bond donors (Lipinski definition) is 0. The van der Waals surface area contributed by atoms with E-state index in [9.17, 15) is 4.79 Å². The molecule has 6 rings (SSSR count). The maximum atomic E-state index is 13.4. The van der Waals surface area contributed by atoms with E-state index in [2.05, 4.69) is 41.3 Å². The predicted molar refractivity (Wildman–Crippen MR) is 137 cm³/mol. The third-order valence-corrected chi connectivity index (χ3v) is 8.65. The molecule has 0 N–H and O–H groups in total. The fraction of sp³-hybridized carbons (Fsp3) is 0.357. The number of thiophene rings is 1. The molecule has 1 atom stereocenters. The molecule has 2 aromatic carbocycles. The molecule has 1 aliphatic carbocycles. The van der Waals surface area contributed by atoms with E-state index in [0.717, 1.165) is 61.2 Å². The van der Waals surface area contributed by atoms with Crippen molar-refractivity contribution in [2.75, 3.05) is 13.7 Å². The highest BCUT2D eigenvalue weighted by molar-refractivity contribution is 7.18. The van der Waals surface area contributed by atoms with E-state index < -0.39 is 0 Å². The van der Waals surface area contributed by atoms with E-state index in [4.69, 9.17) is 9.72 Å². The van der Waals surface area contributed by atoms with Crippen molar-refractivity contribution in [3.63, 3.8) is 0 Å². The second kappa shape index (κ2) is 9.01. The number of ether oxygens (including phenoxy) is 1. The van der Waals surface area contributed by atoms with E-state index in [-0.39, 0.29) is 5.56 Å². The number of rotatable bonds is 5. The molecule has 174 valence electrons. The average molecular weight is 472 g/mol. The van der Waals surface area contributed by atoms with Gasteiger partial charge >= 0.3 is 0 Å². The van der Waals surface area contributed by atoms with Gasteiger partial charge in [-0.3, -0.25) is 14.3 Å². The highest BCUT2D eigenvalue weighted by Crippen LogP contribution is 2.36. The maximum absolute atomic E-state index is 13.4. The van der Waals surface area contributed by atoms with Gasteiger partial charge in [-0.25, -0.2) is 4.98 Å². The fourth-order valence-corrected chi connectivity index (χ4v) is 6.77. The second-order valence-electron chi connectivity index (χ2n) is 9.41. The van der Waals surface area contributed by atoms with Crippen LogP contribution in [0.25, 0.3) is 10.2 Å². The van der Waals surface area contributed by atoms with Gasteiger partial charge < -0.3 is 4.74 Å². The van der Waals surface area contributed by atoms with E-state index in [1.54, 1.807) is 29.3 Å². The van der Waals surface area contributed by atoms with Gasteiger partial charge in [0.05, 0.1) is 18.8 Å². The Morgan fingerprint density at radius 3 is 2.74 bits per heavy atom. The van der Waals surface area contributed by atoms with Crippen LogP contribution in [0.1, 0.15) is 33.6 Å². The first-order valence-corrected chi connectivity index (χ1v) is 12.9. The molecule has 0 bridgehead atoms. The Morgan fingerprint density at radius 1 is 1.09 bits per heavy atom. The van der Waals surface area contributed by atoms with Gasteiger partial charge in [0.1, 0.15) is 10.6 Å². The lowest BCUT2D eigenvalue weighted by Crippen LogP contribution is -2.42. The minimum Gasteiger partial charge on any atom is -0.497 e. The standard InChI is InChI=1S/C28H29N3O2S/c1-33-23-9-6-19(7-10-23)12-14-31-18-29-27-26(28(31)32)24-11-8-22(16-25(24)34-27)30-15-13-20-4-2-3-5-21(20)17-30/h2-7,9-10,18,22H,8,11-17H2,1H3/t22-/m1/s1. The van der Waals surface area contributed by atoms with Crippen LogP contribution in [0.3, 0.4) is 0 Å². The summed E-state index contributed by atoms with van der Waals surface area (Å²) in [7, 11) is 1.67. The molecule has 4 aromatic rings. The Bertz CT molecular complexity index is 1390. The molecule has 2 aliphatic rings. The maximum Gasteiger partial charge on any atom is 0.262 e. The minimum absolute atomic E-state index is 0.112. The minimum atomic E-state index is 0.112. The van der Waals surface area contributed by atoms with Crippen LogP contribution >= 0.6 is 11.3 Å². The molecule has 0 radical (unpaired) electrons. The summed E-state index contributed by atoms with van der Waals surface area (Å²) in [6, 6.07) is 17.4. The van der Waals surface area contributed by atoms with Crippen LogP contribution in [-0.4, -0.2) is 34.1 Å². The van der Waals surface area contributed by atoms with Crippen molar-refractivity contribution in [1.82, 2.24) is 14.5 Å². The molecule has 0 saturated carbocycles. The lowest BCUT2D eigenvalue weighted by Gasteiger charge is -2.37. The lowest BCUT2D eigenvalue weighted by atomic mass is 9.90. The summed E-state index contributed by atoms with van der Waals surface area (Å²) in [4.78, 5) is 23.0. The smallest absolute Gasteiger partial charge is 0.262 e. The van der Waals surface area contributed by atoms with Crippen LogP contribution in [0, 0.1) is 0 Å². The third-order valence-electron chi connectivity index (χ3n) is 7.49. The summed E-state index contributed by atoms with van der Waals surface area (Å²) in [6.07, 6.45) is 6.77. The van der Waals surface area contributed by atoms with Crippen LogP contribution in [0.2, 0.25) is 0 Å². The van der Waals surface area contributed by atoms with Crippen LogP contribution in [0.15, 0.2) is 59.7 Å². The van der Waals surface area contributed by atoms with Crippen molar-refractivity contribution in [1.29, 1.82) is 0 Å². The summed E-state index contributed by atoms with van der Waals surface area (Å²) in [5.74, 6) is 0.848. The van der Waals surface area contributed by atoms with Gasteiger partial charge in [-0.15, -0.1) is 11.3 Å². The van der Waals surface area contributed by atoms with Gasteiger partial charge in [0.2, 0.25) is 0 Å². The average Bonchev–Trinajstić information content (AvgIpc) is 3.27. The normalized spacial score (nSPS) is 18.0. The van der Waals surface area contributed by atoms with Crippen LogP contribution in [-0.2, 0) is 38.8 Å².